The Morgan fingerprint density at radius 1 is 1.32 bits per heavy atom. The summed E-state index contributed by atoms with van der Waals surface area (Å²) in [5.74, 6) is -0.0794. The summed E-state index contributed by atoms with van der Waals surface area (Å²) in [7, 11) is 0. The van der Waals surface area contributed by atoms with Gasteiger partial charge in [0.05, 0.1) is 0 Å². The number of nitrogens with one attached hydrogen (secondary N) is 3. The van der Waals surface area contributed by atoms with Crippen LogP contribution in [0.15, 0.2) is 42.7 Å². The van der Waals surface area contributed by atoms with Crippen LogP contribution in [0.5, 0.6) is 0 Å². The molecule has 2 heterocycles. The Bertz CT molecular complexity index is 677. The number of carbonyl (C=O) groups excluding carboxylic acids is 1. The van der Waals surface area contributed by atoms with Gasteiger partial charge in [0.15, 0.2) is 0 Å². The lowest BCUT2D eigenvalue weighted by atomic mass is 10.0. The molecule has 1 fully saturated rings. The van der Waals surface area contributed by atoms with Crippen LogP contribution < -0.4 is 16.2 Å². The summed E-state index contributed by atoms with van der Waals surface area (Å²) < 4.78 is 0. The number of aromatic nitrogens is 1. The average molecular weight is 317 g/mol. The van der Waals surface area contributed by atoms with Gasteiger partial charge in [-0.05, 0) is 42.7 Å². The van der Waals surface area contributed by atoms with Crippen molar-refractivity contribution in [2.75, 3.05) is 5.32 Å². The van der Waals surface area contributed by atoms with Gasteiger partial charge in [-0.2, -0.15) is 0 Å². The van der Waals surface area contributed by atoms with Crippen molar-refractivity contribution < 1.29 is 4.79 Å². The first-order chi connectivity index (χ1) is 10.6. The van der Waals surface area contributed by atoms with Crippen LogP contribution in [0.25, 0.3) is 0 Å². The smallest absolute Gasteiger partial charge is 0.242 e. The zero-order valence-corrected chi connectivity index (χ0v) is 12.9. The first-order valence-electron chi connectivity index (χ1n) is 7.12. The van der Waals surface area contributed by atoms with E-state index in [1.165, 1.54) is 0 Å². The van der Waals surface area contributed by atoms with Gasteiger partial charge in [0, 0.05) is 29.1 Å². The van der Waals surface area contributed by atoms with Crippen LogP contribution in [-0.2, 0) is 4.79 Å². The third-order valence-electron chi connectivity index (χ3n) is 3.83. The van der Waals surface area contributed by atoms with Crippen molar-refractivity contribution in [3.63, 3.8) is 0 Å². The minimum Gasteiger partial charge on any atom is -0.324 e. The van der Waals surface area contributed by atoms with Gasteiger partial charge in [-0.25, -0.2) is 10.9 Å². The summed E-state index contributed by atoms with van der Waals surface area (Å²) in [6, 6.07) is 9.13. The monoisotopic (exact) mass is 316 g/mol. The second kappa shape index (κ2) is 6.44. The maximum Gasteiger partial charge on any atom is 0.242 e. The van der Waals surface area contributed by atoms with Gasteiger partial charge in [0.2, 0.25) is 5.91 Å². The highest BCUT2D eigenvalue weighted by atomic mass is 35.5. The lowest BCUT2D eigenvalue weighted by Crippen LogP contribution is -2.39. The highest BCUT2D eigenvalue weighted by Gasteiger charge is 2.30. The first kappa shape index (κ1) is 15.0. The molecule has 1 aliphatic heterocycles. The molecule has 6 heteroatoms. The van der Waals surface area contributed by atoms with Crippen molar-refractivity contribution in [3.8, 4) is 0 Å². The van der Waals surface area contributed by atoms with E-state index in [-0.39, 0.29) is 18.0 Å². The maximum absolute atomic E-state index is 12.4. The van der Waals surface area contributed by atoms with Crippen LogP contribution in [0.1, 0.15) is 23.6 Å². The van der Waals surface area contributed by atoms with Gasteiger partial charge in [-0.1, -0.05) is 23.7 Å². The van der Waals surface area contributed by atoms with E-state index >= 15 is 0 Å². The fourth-order valence-corrected chi connectivity index (χ4v) is 2.67. The van der Waals surface area contributed by atoms with Crippen LogP contribution in [0.2, 0.25) is 5.02 Å². The van der Waals surface area contributed by atoms with Crippen LogP contribution in [0.4, 0.5) is 5.69 Å². The molecule has 22 heavy (non-hydrogen) atoms. The largest absolute Gasteiger partial charge is 0.324 e. The number of pyridine rings is 1. The molecule has 1 aromatic heterocycles. The lowest BCUT2D eigenvalue weighted by Gasteiger charge is -2.13. The Morgan fingerprint density at radius 2 is 2.18 bits per heavy atom. The molecule has 5 nitrogen and oxygen atoms in total. The van der Waals surface area contributed by atoms with Crippen molar-refractivity contribution in [1.82, 2.24) is 15.8 Å². The number of benzene rings is 1. The summed E-state index contributed by atoms with van der Waals surface area (Å²) in [5.41, 5.74) is 8.84. The third kappa shape index (κ3) is 3.11. The summed E-state index contributed by atoms with van der Waals surface area (Å²) in [5, 5.41) is 3.57. The molecule has 2 unspecified atom stereocenters. The predicted molar refractivity (Wildman–Crippen MR) is 86.5 cm³/mol. The Hall–Kier alpha value is -1.95. The van der Waals surface area contributed by atoms with E-state index in [1.807, 2.05) is 31.2 Å². The number of carbonyl (C=O) groups is 1. The number of hydrogen-bond donors (Lipinski definition) is 3. The maximum atomic E-state index is 12.4. The van der Waals surface area contributed by atoms with Crippen LogP contribution in [-0.4, -0.2) is 16.9 Å². The number of anilines is 1. The van der Waals surface area contributed by atoms with Gasteiger partial charge in [-0.3, -0.25) is 9.78 Å². The molecule has 2 atom stereocenters. The Labute approximate surface area is 134 Å². The average Bonchev–Trinajstić information content (AvgIpc) is 3.03. The Balaban J connectivity index is 1.66. The van der Waals surface area contributed by atoms with E-state index in [4.69, 9.17) is 11.6 Å². The molecule has 1 aromatic carbocycles. The molecule has 0 aliphatic carbocycles. The highest BCUT2D eigenvalue weighted by Crippen LogP contribution is 2.25. The minimum absolute atomic E-state index is 0.0740. The van der Waals surface area contributed by atoms with E-state index < -0.39 is 0 Å². The Morgan fingerprint density at radius 3 is 2.95 bits per heavy atom. The van der Waals surface area contributed by atoms with E-state index in [2.05, 4.69) is 21.2 Å². The SMILES string of the molecule is Cc1c(Cl)cccc1NC(=O)C1CC(c2cccnc2)NN1. The van der Waals surface area contributed by atoms with Crippen molar-refractivity contribution in [2.45, 2.75) is 25.4 Å². The molecule has 0 bridgehead atoms. The summed E-state index contributed by atoms with van der Waals surface area (Å²) in [6.07, 6.45) is 4.20. The molecule has 1 aliphatic rings. The molecule has 0 spiro atoms. The molecule has 1 saturated heterocycles. The number of hydrogen-bond acceptors (Lipinski definition) is 4. The van der Waals surface area contributed by atoms with E-state index in [0.29, 0.717) is 11.4 Å². The van der Waals surface area contributed by atoms with Gasteiger partial charge >= 0.3 is 0 Å². The van der Waals surface area contributed by atoms with Gasteiger partial charge < -0.3 is 5.32 Å². The Kier molecular flexibility index (Phi) is 4.38. The van der Waals surface area contributed by atoms with E-state index in [9.17, 15) is 4.79 Å². The molecule has 2 aromatic rings. The first-order valence-corrected chi connectivity index (χ1v) is 7.50. The lowest BCUT2D eigenvalue weighted by molar-refractivity contribution is -0.117. The predicted octanol–water partition coefficient (Wildman–Crippen LogP) is 2.59. The standard InChI is InChI=1S/C16H17ClN4O/c1-10-12(17)5-2-6-13(10)19-16(22)15-8-14(20-21-15)11-4-3-7-18-9-11/h2-7,9,14-15,20-21H,8H2,1H3,(H,19,22). The van der Waals surface area contributed by atoms with Gasteiger partial charge in [0.1, 0.15) is 6.04 Å². The van der Waals surface area contributed by atoms with Crippen LogP contribution in [0, 0.1) is 6.92 Å². The van der Waals surface area contributed by atoms with E-state index in [0.717, 1.165) is 16.8 Å². The molecular weight excluding hydrogens is 300 g/mol. The van der Waals surface area contributed by atoms with Crippen molar-refractivity contribution >= 4 is 23.2 Å². The third-order valence-corrected chi connectivity index (χ3v) is 4.24. The van der Waals surface area contributed by atoms with E-state index in [1.54, 1.807) is 18.5 Å². The summed E-state index contributed by atoms with van der Waals surface area (Å²) in [4.78, 5) is 16.5. The molecule has 1 amide bonds. The second-order valence-corrected chi connectivity index (χ2v) is 5.72. The van der Waals surface area contributed by atoms with Crippen molar-refractivity contribution in [3.05, 3.63) is 58.9 Å². The fourth-order valence-electron chi connectivity index (χ4n) is 2.49. The normalized spacial score (nSPS) is 20.8. The zero-order valence-electron chi connectivity index (χ0n) is 12.1. The minimum atomic E-state index is -0.302. The van der Waals surface area contributed by atoms with Crippen molar-refractivity contribution in [1.29, 1.82) is 0 Å². The molecule has 0 radical (unpaired) electrons. The second-order valence-electron chi connectivity index (χ2n) is 5.32. The molecule has 3 rings (SSSR count). The van der Waals surface area contributed by atoms with Crippen LogP contribution >= 0.6 is 11.6 Å². The van der Waals surface area contributed by atoms with Crippen LogP contribution in [0.3, 0.4) is 0 Å². The highest BCUT2D eigenvalue weighted by molar-refractivity contribution is 6.31. The number of rotatable bonds is 3. The van der Waals surface area contributed by atoms with Gasteiger partial charge in [-0.15, -0.1) is 0 Å². The molecular formula is C16H17ClN4O. The zero-order chi connectivity index (χ0) is 15.5. The molecule has 0 saturated carbocycles. The number of amides is 1. The molecule has 3 N–H and O–H groups in total. The van der Waals surface area contributed by atoms with Gasteiger partial charge in [0.25, 0.3) is 0 Å². The molecule has 114 valence electrons. The number of hydrazine groups is 1. The number of halogens is 1. The summed E-state index contributed by atoms with van der Waals surface area (Å²) >= 11 is 6.07. The number of nitrogens with zero attached hydrogens (tertiary/aromatic N) is 1. The quantitative estimate of drug-likeness (QED) is 0.814. The topological polar surface area (TPSA) is 66.0 Å². The fraction of sp³-hybridized carbons (Fsp3) is 0.250. The summed E-state index contributed by atoms with van der Waals surface area (Å²) in [6.45, 7) is 1.89. The van der Waals surface area contributed by atoms with Crippen molar-refractivity contribution in [2.24, 2.45) is 0 Å².